The SMILES string of the molecule is C=C(C)CN1C(=O)COc2cc(NC(=O)COC)ccc21. The second kappa shape index (κ2) is 6.41. The molecule has 0 radical (unpaired) electrons. The molecule has 6 nitrogen and oxygen atoms in total. The summed E-state index contributed by atoms with van der Waals surface area (Å²) in [4.78, 5) is 25.0. The third-order valence-electron chi connectivity index (χ3n) is 2.89. The van der Waals surface area contributed by atoms with Gasteiger partial charge in [0.15, 0.2) is 6.61 Å². The predicted molar refractivity (Wildman–Crippen MR) is 79.6 cm³/mol. The Morgan fingerprint density at radius 1 is 1.52 bits per heavy atom. The highest BCUT2D eigenvalue weighted by atomic mass is 16.5. The summed E-state index contributed by atoms with van der Waals surface area (Å²) >= 11 is 0. The van der Waals surface area contributed by atoms with Gasteiger partial charge in [-0.05, 0) is 19.1 Å². The van der Waals surface area contributed by atoms with Crippen molar-refractivity contribution in [2.75, 3.05) is 37.1 Å². The average molecular weight is 290 g/mol. The summed E-state index contributed by atoms with van der Waals surface area (Å²) in [7, 11) is 1.46. The fraction of sp³-hybridized carbons (Fsp3) is 0.333. The first-order valence-electron chi connectivity index (χ1n) is 6.51. The van der Waals surface area contributed by atoms with Crippen LogP contribution in [0.4, 0.5) is 11.4 Å². The minimum absolute atomic E-state index is 0.0157. The Bertz CT molecular complexity index is 583. The van der Waals surface area contributed by atoms with E-state index in [4.69, 9.17) is 9.47 Å². The van der Waals surface area contributed by atoms with Crippen LogP contribution >= 0.6 is 0 Å². The van der Waals surface area contributed by atoms with Gasteiger partial charge in [-0.1, -0.05) is 12.2 Å². The first-order valence-corrected chi connectivity index (χ1v) is 6.51. The number of methoxy groups -OCH3 is 1. The number of nitrogens with zero attached hydrogens (tertiary/aromatic N) is 1. The smallest absolute Gasteiger partial charge is 0.265 e. The zero-order valence-electron chi connectivity index (χ0n) is 12.1. The van der Waals surface area contributed by atoms with Gasteiger partial charge in [-0.3, -0.25) is 9.59 Å². The van der Waals surface area contributed by atoms with E-state index in [9.17, 15) is 9.59 Å². The minimum atomic E-state index is -0.247. The van der Waals surface area contributed by atoms with Gasteiger partial charge in [0.1, 0.15) is 12.4 Å². The van der Waals surface area contributed by atoms with Crippen LogP contribution in [0, 0.1) is 0 Å². The molecule has 1 N–H and O–H groups in total. The van der Waals surface area contributed by atoms with Crippen LogP contribution in [0.5, 0.6) is 5.75 Å². The van der Waals surface area contributed by atoms with Crippen LogP contribution in [0.3, 0.4) is 0 Å². The first-order chi connectivity index (χ1) is 10.0. The fourth-order valence-corrected chi connectivity index (χ4v) is 2.05. The monoisotopic (exact) mass is 290 g/mol. The molecule has 1 heterocycles. The lowest BCUT2D eigenvalue weighted by Gasteiger charge is -2.29. The third-order valence-corrected chi connectivity index (χ3v) is 2.89. The van der Waals surface area contributed by atoms with Gasteiger partial charge in [-0.15, -0.1) is 0 Å². The molecule has 6 heteroatoms. The van der Waals surface area contributed by atoms with Crippen LogP contribution in [0.15, 0.2) is 30.4 Å². The van der Waals surface area contributed by atoms with Crippen molar-refractivity contribution in [3.63, 3.8) is 0 Å². The fourth-order valence-electron chi connectivity index (χ4n) is 2.05. The molecular weight excluding hydrogens is 272 g/mol. The second-order valence-corrected chi connectivity index (χ2v) is 4.89. The molecule has 0 spiro atoms. The Kier molecular flexibility index (Phi) is 4.59. The minimum Gasteiger partial charge on any atom is -0.481 e. The second-order valence-electron chi connectivity index (χ2n) is 4.89. The number of ether oxygens (including phenoxy) is 2. The number of carbonyl (C=O) groups is 2. The van der Waals surface area contributed by atoms with Crippen molar-refractivity contribution in [1.82, 2.24) is 0 Å². The molecule has 0 unspecified atom stereocenters. The van der Waals surface area contributed by atoms with Crippen molar-refractivity contribution < 1.29 is 19.1 Å². The number of hydrogen-bond donors (Lipinski definition) is 1. The van der Waals surface area contributed by atoms with E-state index in [2.05, 4.69) is 11.9 Å². The van der Waals surface area contributed by atoms with Gasteiger partial charge in [0.25, 0.3) is 5.91 Å². The van der Waals surface area contributed by atoms with Crippen molar-refractivity contribution in [2.24, 2.45) is 0 Å². The molecule has 2 rings (SSSR count). The Morgan fingerprint density at radius 3 is 2.95 bits per heavy atom. The molecule has 0 saturated heterocycles. The quantitative estimate of drug-likeness (QED) is 0.836. The van der Waals surface area contributed by atoms with Crippen molar-refractivity contribution in [3.8, 4) is 5.75 Å². The number of carbonyl (C=O) groups excluding carboxylic acids is 2. The molecule has 2 amide bonds. The van der Waals surface area contributed by atoms with Crippen LogP contribution < -0.4 is 15.0 Å². The molecule has 1 aromatic carbocycles. The summed E-state index contributed by atoms with van der Waals surface area (Å²) < 4.78 is 10.2. The normalized spacial score (nSPS) is 13.4. The maximum atomic E-state index is 11.9. The lowest BCUT2D eigenvalue weighted by atomic mass is 10.2. The highest BCUT2D eigenvalue weighted by Gasteiger charge is 2.25. The largest absolute Gasteiger partial charge is 0.481 e. The maximum absolute atomic E-state index is 11.9. The number of hydrogen-bond acceptors (Lipinski definition) is 4. The van der Waals surface area contributed by atoms with E-state index in [1.165, 1.54) is 7.11 Å². The van der Waals surface area contributed by atoms with Crippen LogP contribution in [0.2, 0.25) is 0 Å². The van der Waals surface area contributed by atoms with Crippen molar-refractivity contribution >= 4 is 23.2 Å². The van der Waals surface area contributed by atoms with Crippen molar-refractivity contribution in [1.29, 1.82) is 0 Å². The van der Waals surface area contributed by atoms with Crippen LogP contribution in [-0.4, -0.2) is 38.7 Å². The maximum Gasteiger partial charge on any atom is 0.265 e. The summed E-state index contributed by atoms with van der Waals surface area (Å²) in [6.07, 6.45) is 0. The summed E-state index contributed by atoms with van der Waals surface area (Å²) in [6.45, 7) is 6.11. The van der Waals surface area contributed by atoms with Crippen LogP contribution in [0.1, 0.15) is 6.92 Å². The summed E-state index contributed by atoms with van der Waals surface area (Å²) in [5.41, 5.74) is 2.16. The Morgan fingerprint density at radius 2 is 2.29 bits per heavy atom. The molecule has 112 valence electrons. The van der Waals surface area contributed by atoms with E-state index in [-0.39, 0.29) is 25.0 Å². The molecule has 0 saturated carbocycles. The average Bonchev–Trinajstić information content (AvgIpc) is 2.42. The van der Waals surface area contributed by atoms with Crippen LogP contribution in [0.25, 0.3) is 0 Å². The molecule has 0 fully saturated rings. The topological polar surface area (TPSA) is 67.9 Å². The molecule has 1 aromatic rings. The lowest BCUT2D eigenvalue weighted by Crippen LogP contribution is -2.39. The molecule has 0 bridgehead atoms. The predicted octanol–water partition coefficient (Wildman–Crippen LogP) is 1.57. The number of benzene rings is 1. The standard InChI is InChI=1S/C15H18N2O4/c1-10(2)7-17-12-5-4-11(16-14(18)8-20-3)6-13(12)21-9-15(17)19/h4-6H,1,7-9H2,2-3H3,(H,16,18). The van der Waals surface area contributed by atoms with Gasteiger partial charge in [0.2, 0.25) is 5.91 Å². The third kappa shape index (κ3) is 3.61. The van der Waals surface area contributed by atoms with E-state index in [1.54, 1.807) is 23.1 Å². The lowest BCUT2D eigenvalue weighted by molar-refractivity contribution is -0.121. The van der Waals surface area contributed by atoms with Gasteiger partial charge in [-0.2, -0.15) is 0 Å². The summed E-state index contributed by atoms with van der Waals surface area (Å²) in [5, 5.41) is 2.69. The van der Waals surface area contributed by atoms with E-state index >= 15 is 0 Å². The highest BCUT2D eigenvalue weighted by Crippen LogP contribution is 2.34. The molecule has 0 aliphatic carbocycles. The Labute approximate surface area is 123 Å². The van der Waals surface area contributed by atoms with Gasteiger partial charge in [0, 0.05) is 25.4 Å². The number of amides is 2. The highest BCUT2D eigenvalue weighted by molar-refractivity contribution is 5.99. The molecule has 0 aromatic heterocycles. The van der Waals surface area contributed by atoms with Crippen LogP contribution in [-0.2, 0) is 14.3 Å². The number of anilines is 2. The summed E-state index contributed by atoms with van der Waals surface area (Å²) in [5.74, 6) is 0.205. The molecule has 0 atom stereocenters. The van der Waals surface area contributed by atoms with Gasteiger partial charge in [-0.25, -0.2) is 0 Å². The van der Waals surface area contributed by atoms with Gasteiger partial charge >= 0.3 is 0 Å². The van der Waals surface area contributed by atoms with Gasteiger partial charge in [0.05, 0.1) is 5.69 Å². The Balaban J connectivity index is 2.22. The van der Waals surface area contributed by atoms with E-state index in [0.717, 1.165) is 5.57 Å². The van der Waals surface area contributed by atoms with Crippen molar-refractivity contribution in [3.05, 3.63) is 30.4 Å². The van der Waals surface area contributed by atoms with E-state index < -0.39 is 0 Å². The zero-order chi connectivity index (χ0) is 15.4. The first kappa shape index (κ1) is 15.1. The molecular formula is C15H18N2O4. The Hall–Kier alpha value is -2.34. The number of fused-ring (bicyclic) bond motifs is 1. The van der Waals surface area contributed by atoms with Gasteiger partial charge < -0.3 is 19.7 Å². The number of nitrogens with one attached hydrogen (secondary N) is 1. The zero-order valence-corrected chi connectivity index (χ0v) is 12.1. The molecule has 1 aliphatic rings. The van der Waals surface area contributed by atoms with Crippen molar-refractivity contribution in [2.45, 2.75) is 6.92 Å². The molecule has 1 aliphatic heterocycles. The van der Waals surface area contributed by atoms with E-state index in [1.807, 2.05) is 6.92 Å². The van der Waals surface area contributed by atoms with E-state index in [0.29, 0.717) is 23.7 Å². The number of rotatable bonds is 5. The molecule has 21 heavy (non-hydrogen) atoms. The summed E-state index contributed by atoms with van der Waals surface area (Å²) in [6, 6.07) is 5.16.